The molecule has 0 fully saturated rings. The summed E-state index contributed by atoms with van der Waals surface area (Å²) in [6, 6.07) is 11.3. The fourth-order valence-electron chi connectivity index (χ4n) is 1.58. The summed E-state index contributed by atoms with van der Waals surface area (Å²) in [6.07, 6.45) is 0. The second-order valence-corrected chi connectivity index (χ2v) is 3.82. The van der Waals surface area contributed by atoms with Crippen molar-refractivity contribution < 1.29 is 4.74 Å². The Morgan fingerprint density at radius 2 is 2.05 bits per heavy atom. The van der Waals surface area contributed by atoms with Crippen molar-refractivity contribution in [1.29, 1.82) is 0 Å². The lowest BCUT2D eigenvalue weighted by Crippen LogP contribution is -2.02. The standard InChI is InChI=1S/C13H16N4O.CH4/c1-18-12-6-5-11(15)13(17-12)16-10-4-2-3-9(7-10)8-14;/h2-7H,8,14-15H2,1H3,(H,16,17);1H4. The molecule has 0 amide bonds. The first-order valence-electron chi connectivity index (χ1n) is 5.59. The maximum Gasteiger partial charge on any atom is 0.215 e. The van der Waals surface area contributed by atoms with Crippen molar-refractivity contribution in [3.05, 3.63) is 42.0 Å². The SMILES string of the molecule is C.COc1ccc(N)c(Nc2cccc(CN)c2)n1. The summed E-state index contributed by atoms with van der Waals surface area (Å²) in [6.45, 7) is 0.497. The molecule has 0 aliphatic rings. The maximum absolute atomic E-state index is 5.86. The highest BCUT2D eigenvalue weighted by Crippen LogP contribution is 2.24. The number of aromatic nitrogens is 1. The number of nitrogens with two attached hydrogens (primary N) is 2. The van der Waals surface area contributed by atoms with Gasteiger partial charge in [0.2, 0.25) is 5.88 Å². The highest BCUT2D eigenvalue weighted by Gasteiger charge is 2.04. The number of pyridine rings is 1. The summed E-state index contributed by atoms with van der Waals surface area (Å²) in [5.74, 6) is 1.09. The van der Waals surface area contributed by atoms with E-state index in [0.29, 0.717) is 23.9 Å². The molecule has 5 N–H and O–H groups in total. The molecular weight excluding hydrogens is 240 g/mol. The molecule has 0 unspecified atom stereocenters. The van der Waals surface area contributed by atoms with E-state index in [4.69, 9.17) is 16.2 Å². The van der Waals surface area contributed by atoms with Gasteiger partial charge in [0.25, 0.3) is 0 Å². The van der Waals surface area contributed by atoms with Crippen LogP contribution in [0.1, 0.15) is 13.0 Å². The number of hydrogen-bond acceptors (Lipinski definition) is 5. The number of ether oxygens (including phenoxy) is 1. The molecule has 0 bridgehead atoms. The fourth-order valence-corrected chi connectivity index (χ4v) is 1.58. The van der Waals surface area contributed by atoms with Crippen LogP contribution < -0.4 is 21.5 Å². The largest absolute Gasteiger partial charge is 0.481 e. The lowest BCUT2D eigenvalue weighted by atomic mass is 10.2. The summed E-state index contributed by atoms with van der Waals surface area (Å²) in [7, 11) is 1.57. The Hall–Kier alpha value is -2.27. The zero-order chi connectivity index (χ0) is 13.0. The van der Waals surface area contributed by atoms with Gasteiger partial charge in [0, 0.05) is 18.3 Å². The zero-order valence-corrected chi connectivity index (χ0v) is 10.2. The predicted octanol–water partition coefficient (Wildman–Crippen LogP) is 2.51. The minimum absolute atomic E-state index is 0. The van der Waals surface area contributed by atoms with Crippen LogP contribution in [-0.4, -0.2) is 12.1 Å². The van der Waals surface area contributed by atoms with Gasteiger partial charge >= 0.3 is 0 Å². The minimum atomic E-state index is 0. The Kier molecular flexibility index (Phi) is 5.14. The van der Waals surface area contributed by atoms with Gasteiger partial charge in [-0.05, 0) is 23.8 Å². The van der Waals surface area contributed by atoms with Crippen molar-refractivity contribution in [2.45, 2.75) is 14.0 Å². The van der Waals surface area contributed by atoms with Crippen molar-refractivity contribution in [1.82, 2.24) is 4.98 Å². The molecule has 1 heterocycles. The first-order chi connectivity index (χ1) is 8.72. The molecular formula is C14H20N4O. The van der Waals surface area contributed by atoms with Gasteiger partial charge in [0.1, 0.15) is 0 Å². The van der Waals surface area contributed by atoms with Crippen LogP contribution in [0.5, 0.6) is 5.88 Å². The third-order valence-corrected chi connectivity index (χ3v) is 2.54. The highest BCUT2D eigenvalue weighted by atomic mass is 16.5. The van der Waals surface area contributed by atoms with E-state index < -0.39 is 0 Å². The van der Waals surface area contributed by atoms with E-state index in [1.54, 1.807) is 19.2 Å². The van der Waals surface area contributed by atoms with Gasteiger partial charge in [-0.1, -0.05) is 19.6 Å². The van der Waals surface area contributed by atoms with E-state index in [-0.39, 0.29) is 7.43 Å². The molecule has 2 aromatic rings. The molecule has 0 saturated carbocycles. The van der Waals surface area contributed by atoms with Crippen LogP contribution in [0.2, 0.25) is 0 Å². The van der Waals surface area contributed by atoms with Crippen LogP contribution in [-0.2, 0) is 6.54 Å². The van der Waals surface area contributed by atoms with Crippen LogP contribution >= 0.6 is 0 Å². The normalized spacial score (nSPS) is 9.58. The van der Waals surface area contributed by atoms with Crippen LogP contribution in [0, 0.1) is 0 Å². The van der Waals surface area contributed by atoms with Crippen molar-refractivity contribution in [3.63, 3.8) is 0 Å². The number of nitrogen functional groups attached to an aromatic ring is 1. The van der Waals surface area contributed by atoms with Crippen LogP contribution in [0.3, 0.4) is 0 Å². The maximum atomic E-state index is 5.86. The lowest BCUT2D eigenvalue weighted by Gasteiger charge is -2.10. The summed E-state index contributed by atoms with van der Waals surface area (Å²) < 4.78 is 5.07. The van der Waals surface area contributed by atoms with E-state index in [1.165, 1.54) is 0 Å². The number of methoxy groups -OCH3 is 1. The Morgan fingerprint density at radius 3 is 2.74 bits per heavy atom. The minimum Gasteiger partial charge on any atom is -0.481 e. The van der Waals surface area contributed by atoms with Gasteiger partial charge < -0.3 is 21.5 Å². The first-order valence-corrected chi connectivity index (χ1v) is 5.59. The van der Waals surface area contributed by atoms with E-state index in [2.05, 4.69) is 10.3 Å². The third-order valence-electron chi connectivity index (χ3n) is 2.54. The van der Waals surface area contributed by atoms with Crippen molar-refractivity contribution >= 4 is 17.2 Å². The molecule has 0 saturated heterocycles. The summed E-state index contributed by atoms with van der Waals surface area (Å²) in [5.41, 5.74) is 14.0. The average molecular weight is 260 g/mol. The number of hydrogen-bond donors (Lipinski definition) is 3. The monoisotopic (exact) mass is 260 g/mol. The third kappa shape index (κ3) is 3.59. The van der Waals surface area contributed by atoms with Crippen LogP contribution in [0.25, 0.3) is 0 Å². The first kappa shape index (κ1) is 14.8. The second kappa shape index (κ2) is 6.61. The van der Waals surface area contributed by atoms with Crippen LogP contribution in [0.15, 0.2) is 36.4 Å². The molecule has 0 atom stereocenters. The number of nitrogens with one attached hydrogen (secondary N) is 1. The Bertz CT molecular complexity index is 543. The second-order valence-electron chi connectivity index (χ2n) is 3.82. The molecule has 0 aliphatic heterocycles. The van der Waals surface area contributed by atoms with Crippen molar-refractivity contribution in [3.8, 4) is 5.88 Å². The number of anilines is 3. The molecule has 0 spiro atoms. The molecule has 102 valence electrons. The lowest BCUT2D eigenvalue weighted by molar-refractivity contribution is 0.398. The molecule has 1 aromatic heterocycles. The zero-order valence-electron chi connectivity index (χ0n) is 10.2. The topological polar surface area (TPSA) is 86.2 Å². The molecule has 2 rings (SSSR count). The van der Waals surface area contributed by atoms with Gasteiger partial charge in [-0.15, -0.1) is 0 Å². The molecule has 5 heteroatoms. The average Bonchev–Trinajstić information content (AvgIpc) is 2.41. The smallest absolute Gasteiger partial charge is 0.215 e. The summed E-state index contributed by atoms with van der Waals surface area (Å²) in [5, 5.41) is 3.15. The molecule has 1 aromatic carbocycles. The van der Waals surface area contributed by atoms with E-state index >= 15 is 0 Å². The Labute approximate surface area is 113 Å². The quantitative estimate of drug-likeness (QED) is 0.786. The summed E-state index contributed by atoms with van der Waals surface area (Å²) in [4.78, 5) is 4.25. The van der Waals surface area contributed by atoms with E-state index in [0.717, 1.165) is 11.3 Å². The molecule has 5 nitrogen and oxygen atoms in total. The molecule has 19 heavy (non-hydrogen) atoms. The van der Waals surface area contributed by atoms with Gasteiger partial charge in [0.15, 0.2) is 5.82 Å². The van der Waals surface area contributed by atoms with E-state index in [1.807, 2.05) is 24.3 Å². The van der Waals surface area contributed by atoms with Crippen LogP contribution in [0.4, 0.5) is 17.2 Å². The number of benzene rings is 1. The summed E-state index contributed by atoms with van der Waals surface area (Å²) >= 11 is 0. The predicted molar refractivity (Wildman–Crippen MR) is 79.5 cm³/mol. The van der Waals surface area contributed by atoms with E-state index in [9.17, 15) is 0 Å². The van der Waals surface area contributed by atoms with Crippen molar-refractivity contribution in [2.24, 2.45) is 5.73 Å². The Balaban J connectivity index is 0.00000180. The number of nitrogens with zero attached hydrogens (tertiary/aromatic N) is 1. The fraction of sp³-hybridized carbons (Fsp3) is 0.214. The van der Waals surface area contributed by atoms with Gasteiger partial charge in [-0.3, -0.25) is 0 Å². The molecule has 0 radical (unpaired) electrons. The number of rotatable bonds is 4. The molecule has 0 aliphatic carbocycles. The van der Waals surface area contributed by atoms with Crippen molar-refractivity contribution in [2.75, 3.05) is 18.2 Å². The van der Waals surface area contributed by atoms with Gasteiger partial charge in [-0.2, -0.15) is 4.98 Å². The Morgan fingerprint density at radius 1 is 1.26 bits per heavy atom. The van der Waals surface area contributed by atoms with Gasteiger partial charge in [-0.25, -0.2) is 0 Å². The highest BCUT2D eigenvalue weighted by molar-refractivity contribution is 5.69. The van der Waals surface area contributed by atoms with Gasteiger partial charge in [0.05, 0.1) is 12.8 Å².